The fraction of sp³-hybridized carbons (Fsp3) is 0.286. The number of nitrogens with zero attached hydrogens (tertiary/aromatic N) is 2. The zero-order valence-electron chi connectivity index (χ0n) is 15.5. The first-order valence-electron chi connectivity index (χ1n) is 9.00. The standard InChI is InChI=1S/C21H23N3O3/c1-15(2)24(17-11-7-4-8-12-17)19(25)14-23-20(26)18(22-21(23)27)13-16-9-5-3-6-10-16/h3-12,15,18H,13-14H2,1-2H3,(H,22,27)/t18-/m0/s1. The number of benzene rings is 2. The Morgan fingerprint density at radius 3 is 2.22 bits per heavy atom. The van der Waals surface area contributed by atoms with Gasteiger partial charge in [-0.05, 0) is 31.5 Å². The summed E-state index contributed by atoms with van der Waals surface area (Å²) in [5.74, 6) is -0.658. The van der Waals surface area contributed by atoms with Gasteiger partial charge in [0.1, 0.15) is 12.6 Å². The molecule has 0 bridgehead atoms. The Kier molecular flexibility index (Phi) is 5.54. The number of rotatable bonds is 6. The summed E-state index contributed by atoms with van der Waals surface area (Å²) in [7, 11) is 0. The Hall–Kier alpha value is -3.15. The van der Waals surface area contributed by atoms with E-state index in [-0.39, 0.29) is 24.4 Å². The summed E-state index contributed by atoms with van der Waals surface area (Å²) in [5, 5.41) is 2.68. The van der Waals surface area contributed by atoms with E-state index in [0.717, 1.165) is 16.2 Å². The fourth-order valence-electron chi connectivity index (χ4n) is 3.24. The molecule has 2 aromatic rings. The molecule has 6 heteroatoms. The molecule has 1 heterocycles. The third-order valence-corrected chi connectivity index (χ3v) is 4.50. The van der Waals surface area contributed by atoms with E-state index in [0.29, 0.717) is 6.42 Å². The highest BCUT2D eigenvalue weighted by molar-refractivity contribution is 6.08. The van der Waals surface area contributed by atoms with Crippen LogP contribution < -0.4 is 10.2 Å². The van der Waals surface area contributed by atoms with Crippen molar-refractivity contribution in [2.75, 3.05) is 11.4 Å². The van der Waals surface area contributed by atoms with Crippen LogP contribution in [0.3, 0.4) is 0 Å². The van der Waals surface area contributed by atoms with Crippen LogP contribution in [0.5, 0.6) is 0 Å². The van der Waals surface area contributed by atoms with Gasteiger partial charge in [-0.15, -0.1) is 0 Å². The number of para-hydroxylation sites is 1. The van der Waals surface area contributed by atoms with E-state index in [9.17, 15) is 14.4 Å². The summed E-state index contributed by atoms with van der Waals surface area (Å²) >= 11 is 0. The second kappa shape index (κ2) is 8.03. The minimum absolute atomic E-state index is 0.0965. The summed E-state index contributed by atoms with van der Waals surface area (Å²) in [6.45, 7) is 3.52. The Bertz CT molecular complexity index is 821. The van der Waals surface area contributed by atoms with Crippen molar-refractivity contribution < 1.29 is 14.4 Å². The lowest BCUT2D eigenvalue weighted by Gasteiger charge is -2.28. The lowest BCUT2D eigenvalue weighted by Crippen LogP contribution is -2.46. The van der Waals surface area contributed by atoms with Crippen LogP contribution in [0.1, 0.15) is 19.4 Å². The molecule has 140 valence electrons. The number of anilines is 1. The van der Waals surface area contributed by atoms with Gasteiger partial charge in [0.2, 0.25) is 5.91 Å². The highest BCUT2D eigenvalue weighted by Crippen LogP contribution is 2.18. The number of hydrogen-bond donors (Lipinski definition) is 1. The van der Waals surface area contributed by atoms with E-state index in [1.807, 2.05) is 74.5 Å². The third kappa shape index (κ3) is 4.16. The number of hydrogen-bond acceptors (Lipinski definition) is 3. The molecule has 6 nitrogen and oxygen atoms in total. The van der Waals surface area contributed by atoms with Crippen molar-refractivity contribution in [1.29, 1.82) is 0 Å². The van der Waals surface area contributed by atoms with Crippen molar-refractivity contribution in [3.63, 3.8) is 0 Å². The molecule has 3 rings (SSSR count). The first-order valence-corrected chi connectivity index (χ1v) is 9.00. The minimum Gasteiger partial charge on any atom is -0.325 e. The summed E-state index contributed by atoms with van der Waals surface area (Å²) in [6, 6.07) is 17.5. The maximum atomic E-state index is 12.8. The third-order valence-electron chi connectivity index (χ3n) is 4.50. The molecule has 0 radical (unpaired) electrons. The number of carbonyl (C=O) groups excluding carboxylic acids is 3. The van der Waals surface area contributed by atoms with Crippen LogP contribution in [0.25, 0.3) is 0 Å². The molecule has 1 aliphatic heterocycles. The smallest absolute Gasteiger partial charge is 0.325 e. The molecule has 2 aromatic carbocycles. The predicted molar refractivity (Wildman–Crippen MR) is 103 cm³/mol. The second-order valence-corrected chi connectivity index (χ2v) is 6.81. The van der Waals surface area contributed by atoms with Crippen LogP contribution in [0.2, 0.25) is 0 Å². The van der Waals surface area contributed by atoms with Gasteiger partial charge in [-0.25, -0.2) is 4.79 Å². The number of urea groups is 1. The normalized spacial score (nSPS) is 16.6. The van der Waals surface area contributed by atoms with Crippen molar-refractivity contribution in [2.24, 2.45) is 0 Å². The maximum absolute atomic E-state index is 12.8. The van der Waals surface area contributed by atoms with Gasteiger partial charge in [0.05, 0.1) is 0 Å². The first-order chi connectivity index (χ1) is 13.0. The van der Waals surface area contributed by atoms with Crippen LogP contribution in [0.15, 0.2) is 60.7 Å². The summed E-state index contributed by atoms with van der Waals surface area (Å²) in [6.07, 6.45) is 0.405. The van der Waals surface area contributed by atoms with Crippen molar-refractivity contribution in [2.45, 2.75) is 32.4 Å². The second-order valence-electron chi connectivity index (χ2n) is 6.81. The number of imide groups is 1. The molecule has 27 heavy (non-hydrogen) atoms. The number of nitrogens with one attached hydrogen (secondary N) is 1. The summed E-state index contributed by atoms with van der Waals surface area (Å²) < 4.78 is 0. The molecule has 1 saturated heterocycles. The SMILES string of the molecule is CC(C)N(C(=O)CN1C(=O)N[C@@H](Cc2ccccc2)C1=O)c1ccccc1. The van der Waals surface area contributed by atoms with Crippen LogP contribution in [0, 0.1) is 0 Å². The van der Waals surface area contributed by atoms with Crippen molar-refractivity contribution >= 4 is 23.5 Å². The molecule has 4 amide bonds. The molecule has 1 aliphatic rings. The highest BCUT2D eigenvalue weighted by atomic mass is 16.2. The molecule has 1 atom stereocenters. The topological polar surface area (TPSA) is 69.7 Å². The molecule has 1 N–H and O–H groups in total. The van der Waals surface area contributed by atoms with E-state index >= 15 is 0 Å². The lowest BCUT2D eigenvalue weighted by molar-refractivity contribution is -0.131. The quantitative estimate of drug-likeness (QED) is 0.800. The van der Waals surface area contributed by atoms with Gasteiger partial charge in [0.25, 0.3) is 5.91 Å². The van der Waals surface area contributed by atoms with Gasteiger partial charge in [0, 0.05) is 18.2 Å². The average Bonchev–Trinajstić information content (AvgIpc) is 2.91. The molecule has 0 unspecified atom stereocenters. The number of carbonyl (C=O) groups is 3. The van der Waals surface area contributed by atoms with Gasteiger partial charge < -0.3 is 10.2 Å². The van der Waals surface area contributed by atoms with Gasteiger partial charge in [-0.3, -0.25) is 14.5 Å². The minimum atomic E-state index is -0.642. The zero-order valence-corrected chi connectivity index (χ0v) is 15.5. The predicted octanol–water partition coefficient (Wildman–Crippen LogP) is 2.59. The van der Waals surface area contributed by atoms with Crippen molar-refractivity contribution in [3.8, 4) is 0 Å². The monoisotopic (exact) mass is 365 g/mol. The Balaban J connectivity index is 1.71. The average molecular weight is 365 g/mol. The molecular formula is C21H23N3O3. The van der Waals surface area contributed by atoms with E-state index in [2.05, 4.69) is 5.32 Å². The maximum Gasteiger partial charge on any atom is 0.325 e. The van der Waals surface area contributed by atoms with Crippen LogP contribution in [-0.2, 0) is 16.0 Å². The molecule has 0 spiro atoms. The van der Waals surface area contributed by atoms with Crippen molar-refractivity contribution in [3.05, 3.63) is 66.2 Å². The molecule has 1 fully saturated rings. The van der Waals surface area contributed by atoms with E-state index in [1.54, 1.807) is 4.90 Å². The molecule has 0 saturated carbocycles. The van der Waals surface area contributed by atoms with Gasteiger partial charge in [0.15, 0.2) is 0 Å². The first kappa shape index (κ1) is 18.6. The highest BCUT2D eigenvalue weighted by Gasteiger charge is 2.39. The van der Waals surface area contributed by atoms with Crippen LogP contribution in [0.4, 0.5) is 10.5 Å². The molecule has 0 aromatic heterocycles. The summed E-state index contributed by atoms with van der Waals surface area (Å²) in [4.78, 5) is 40.4. The van der Waals surface area contributed by atoms with Crippen molar-refractivity contribution in [1.82, 2.24) is 10.2 Å². The largest absolute Gasteiger partial charge is 0.325 e. The Labute approximate surface area is 158 Å². The van der Waals surface area contributed by atoms with Crippen LogP contribution in [-0.4, -0.2) is 41.4 Å². The fourth-order valence-corrected chi connectivity index (χ4v) is 3.24. The van der Waals surface area contributed by atoms with Gasteiger partial charge in [-0.1, -0.05) is 48.5 Å². The van der Waals surface area contributed by atoms with E-state index < -0.39 is 12.1 Å². The summed E-state index contributed by atoms with van der Waals surface area (Å²) in [5.41, 5.74) is 1.70. The molecular weight excluding hydrogens is 342 g/mol. The van der Waals surface area contributed by atoms with Crippen LogP contribution >= 0.6 is 0 Å². The van der Waals surface area contributed by atoms with Gasteiger partial charge in [-0.2, -0.15) is 0 Å². The van der Waals surface area contributed by atoms with E-state index in [1.165, 1.54) is 0 Å². The Morgan fingerprint density at radius 1 is 1.04 bits per heavy atom. The lowest BCUT2D eigenvalue weighted by atomic mass is 10.1. The zero-order chi connectivity index (χ0) is 19.4. The Morgan fingerprint density at radius 2 is 1.63 bits per heavy atom. The number of amides is 4. The van der Waals surface area contributed by atoms with E-state index in [4.69, 9.17) is 0 Å². The van der Waals surface area contributed by atoms with Gasteiger partial charge >= 0.3 is 6.03 Å². The molecule has 0 aliphatic carbocycles.